The van der Waals surface area contributed by atoms with Gasteiger partial charge in [-0.1, -0.05) is 24.3 Å². The lowest BCUT2D eigenvalue weighted by Gasteiger charge is -2.07. The molecule has 0 N–H and O–H groups in total. The quantitative estimate of drug-likeness (QED) is 0.497. The number of fused-ring (bicyclic) bond motifs is 1. The van der Waals surface area contributed by atoms with Gasteiger partial charge in [-0.3, -0.25) is 0 Å². The second-order valence-corrected chi connectivity index (χ2v) is 6.28. The summed E-state index contributed by atoms with van der Waals surface area (Å²) in [5.41, 5.74) is 4.34. The van der Waals surface area contributed by atoms with Crippen LogP contribution in [-0.4, -0.2) is 22.6 Å². The molecule has 0 saturated heterocycles. The summed E-state index contributed by atoms with van der Waals surface area (Å²) in [5, 5.41) is 1.02. The summed E-state index contributed by atoms with van der Waals surface area (Å²) in [6, 6.07) is 17.8. The molecule has 4 rings (SSSR count). The van der Waals surface area contributed by atoms with Crippen LogP contribution in [0.1, 0.15) is 15.9 Å². The van der Waals surface area contributed by atoms with E-state index in [2.05, 4.69) is 9.55 Å². The van der Waals surface area contributed by atoms with Crippen LogP contribution in [0.5, 0.6) is 0 Å². The number of carbonyl (C=O) groups excluding carboxylic acids is 1. The van der Waals surface area contributed by atoms with E-state index in [-0.39, 0.29) is 11.8 Å². The largest absolute Gasteiger partial charge is 0.465 e. The second-order valence-electron chi connectivity index (χ2n) is 6.28. The maximum absolute atomic E-state index is 13.1. The van der Waals surface area contributed by atoms with Crippen molar-refractivity contribution in [1.82, 2.24) is 9.55 Å². The first kappa shape index (κ1) is 17.0. The van der Waals surface area contributed by atoms with Gasteiger partial charge in [0, 0.05) is 29.9 Å². The number of nitrogens with zero attached hydrogens (tertiary/aromatic N) is 2. The van der Waals surface area contributed by atoms with Crippen LogP contribution in [0.4, 0.5) is 4.39 Å². The Morgan fingerprint density at radius 2 is 1.78 bits per heavy atom. The third kappa shape index (κ3) is 3.44. The highest BCUT2D eigenvalue weighted by atomic mass is 19.1. The van der Waals surface area contributed by atoms with Gasteiger partial charge in [-0.05, 0) is 47.5 Å². The zero-order chi connectivity index (χ0) is 18.8. The molecule has 0 amide bonds. The summed E-state index contributed by atoms with van der Waals surface area (Å²) in [4.78, 5) is 16.1. The average Bonchev–Trinajstić information content (AvgIpc) is 3.10. The standard InChI is InChI=1S/C22H17FN2O2/c1-27-22(26)17-4-2-15(3-5-17)14-25-11-10-18-12-19(13-24-21(18)25)16-6-8-20(23)9-7-16/h2-13H,14H2,1H3. The zero-order valence-corrected chi connectivity index (χ0v) is 14.7. The van der Waals surface area contributed by atoms with Gasteiger partial charge >= 0.3 is 5.97 Å². The third-order valence-electron chi connectivity index (χ3n) is 4.51. The van der Waals surface area contributed by atoms with Gasteiger partial charge in [0.05, 0.1) is 12.7 Å². The monoisotopic (exact) mass is 360 g/mol. The van der Waals surface area contributed by atoms with Gasteiger partial charge in [-0.2, -0.15) is 0 Å². The summed E-state index contributed by atoms with van der Waals surface area (Å²) >= 11 is 0. The number of carbonyl (C=O) groups is 1. The predicted octanol–water partition coefficient (Wildman–Crippen LogP) is 4.68. The smallest absolute Gasteiger partial charge is 0.337 e. The summed E-state index contributed by atoms with van der Waals surface area (Å²) < 4.78 is 19.9. The highest BCUT2D eigenvalue weighted by Gasteiger charge is 2.08. The van der Waals surface area contributed by atoms with Crippen molar-refractivity contribution in [2.75, 3.05) is 7.11 Å². The molecule has 2 aromatic heterocycles. The molecule has 2 heterocycles. The van der Waals surface area contributed by atoms with Gasteiger partial charge in [0.1, 0.15) is 11.5 Å². The first-order chi connectivity index (χ1) is 13.1. The fraction of sp³-hybridized carbons (Fsp3) is 0.0909. The van der Waals surface area contributed by atoms with Crippen molar-refractivity contribution in [3.63, 3.8) is 0 Å². The number of hydrogen-bond acceptors (Lipinski definition) is 3. The van der Waals surface area contributed by atoms with E-state index < -0.39 is 0 Å². The minimum Gasteiger partial charge on any atom is -0.465 e. The van der Waals surface area contributed by atoms with Gasteiger partial charge in [0.25, 0.3) is 0 Å². The first-order valence-corrected chi connectivity index (χ1v) is 8.52. The lowest BCUT2D eigenvalue weighted by atomic mass is 10.1. The molecular formula is C22H17FN2O2. The molecule has 0 radical (unpaired) electrons. The topological polar surface area (TPSA) is 44.1 Å². The Bertz CT molecular complexity index is 1100. The molecule has 0 unspecified atom stereocenters. The molecule has 4 nitrogen and oxygen atoms in total. The lowest BCUT2D eigenvalue weighted by molar-refractivity contribution is 0.0600. The van der Waals surface area contributed by atoms with Crippen LogP contribution < -0.4 is 0 Å². The van der Waals surface area contributed by atoms with Crippen LogP contribution in [0.15, 0.2) is 73.1 Å². The maximum atomic E-state index is 13.1. The Kier molecular flexibility index (Phi) is 4.42. The Morgan fingerprint density at radius 3 is 2.48 bits per heavy atom. The summed E-state index contributed by atoms with van der Waals surface area (Å²) in [5.74, 6) is -0.597. The van der Waals surface area contributed by atoms with Gasteiger partial charge in [0.15, 0.2) is 0 Å². The van der Waals surface area contributed by atoms with Gasteiger partial charge in [0.2, 0.25) is 0 Å². The number of hydrogen-bond donors (Lipinski definition) is 0. The van der Waals surface area contributed by atoms with E-state index in [0.29, 0.717) is 12.1 Å². The number of aromatic nitrogens is 2. The molecule has 4 aromatic rings. The number of halogens is 1. The van der Waals surface area contributed by atoms with Gasteiger partial charge < -0.3 is 9.30 Å². The molecule has 0 bridgehead atoms. The molecular weight excluding hydrogens is 343 g/mol. The molecule has 134 valence electrons. The molecule has 5 heteroatoms. The Morgan fingerprint density at radius 1 is 1.04 bits per heavy atom. The molecule has 0 aliphatic carbocycles. The van der Waals surface area contributed by atoms with Crippen molar-refractivity contribution >= 4 is 17.0 Å². The van der Waals surface area contributed by atoms with Gasteiger partial charge in [-0.25, -0.2) is 14.2 Å². The van der Waals surface area contributed by atoms with Crippen molar-refractivity contribution in [2.45, 2.75) is 6.54 Å². The number of pyridine rings is 1. The van der Waals surface area contributed by atoms with Crippen LogP contribution in [0.2, 0.25) is 0 Å². The van der Waals surface area contributed by atoms with Crippen LogP contribution >= 0.6 is 0 Å². The molecule has 0 atom stereocenters. The van der Waals surface area contributed by atoms with Crippen LogP contribution in [0.3, 0.4) is 0 Å². The van der Waals surface area contributed by atoms with Crippen molar-refractivity contribution < 1.29 is 13.9 Å². The zero-order valence-electron chi connectivity index (χ0n) is 14.7. The fourth-order valence-electron chi connectivity index (χ4n) is 3.07. The molecule has 0 fully saturated rings. The molecule has 0 saturated carbocycles. The van der Waals surface area contributed by atoms with Crippen LogP contribution in [-0.2, 0) is 11.3 Å². The summed E-state index contributed by atoms with van der Waals surface area (Å²) in [7, 11) is 1.37. The summed E-state index contributed by atoms with van der Waals surface area (Å²) in [6.07, 6.45) is 3.78. The van der Waals surface area contributed by atoms with E-state index in [1.165, 1.54) is 19.2 Å². The molecule has 2 aromatic carbocycles. The van der Waals surface area contributed by atoms with E-state index in [1.54, 1.807) is 30.5 Å². The highest BCUT2D eigenvalue weighted by Crippen LogP contribution is 2.24. The van der Waals surface area contributed by atoms with Crippen molar-refractivity contribution in [2.24, 2.45) is 0 Å². The average molecular weight is 360 g/mol. The fourth-order valence-corrected chi connectivity index (χ4v) is 3.07. The molecule has 0 aliphatic heterocycles. The van der Waals surface area contributed by atoms with Crippen molar-refractivity contribution in [3.05, 3.63) is 90.0 Å². The Balaban J connectivity index is 1.60. The summed E-state index contributed by atoms with van der Waals surface area (Å²) in [6.45, 7) is 0.647. The van der Waals surface area contributed by atoms with Crippen LogP contribution in [0, 0.1) is 5.82 Å². The van der Waals surface area contributed by atoms with E-state index in [0.717, 1.165) is 27.7 Å². The molecule has 27 heavy (non-hydrogen) atoms. The van der Waals surface area contributed by atoms with Crippen LogP contribution in [0.25, 0.3) is 22.2 Å². The van der Waals surface area contributed by atoms with E-state index in [9.17, 15) is 9.18 Å². The number of esters is 1. The lowest BCUT2D eigenvalue weighted by Crippen LogP contribution is -2.03. The normalized spacial score (nSPS) is 10.9. The SMILES string of the molecule is COC(=O)c1ccc(Cn2ccc3cc(-c4ccc(F)cc4)cnc32)cc1. The number of ether oxygens (including phenoxy) is 1. The van der Waals surface area contributed by atoms with Crippen molar-refractivity contribution in [3.8, 4) is 11.1 Å². The number of benzene rings is 2. The maximum Gasteiger partial charge on any atom is 0.337 e. The molecule has 0 spiro atoms. The first-order valence-electron chi connectivity index (χ1n) is 8.52. The number of rotatable bonds is 4. The minimum atomic E-state index is -0.344. The second kappa shape index (κ2) is 7.03. The minimum absolute atomic E-state index is 0.253. The Hall–Kier alpha value is -3.47. The van der Waals surface area contributed by atoms with E-state index >= 15 is 0 Å². The van der Waals surface area contributed by atoms with E-state index in [1.807, 2.05) is 30.5 Å². The Labute approximate surface area is 155 Å². The predicted molar refractivity (Wildman–Crippen MR) is 102 cm³/mol. The van der Waals surface area contributed by atoms with Crippen molar-refractivity contribution in [1.29, 1.82) is 0 Å². The third-order valence-corrected chi connectivity index (χ3v) is 4.51. The van der Waals surface area contributed by atoms with Gasteiger partial charge in [-0.15, -0.1) is 0 Å². The van der Waals surface area contributed by atoms with E-state index in [4.69, 9.17) is 4.74 Å². The highest BCUT2D eigenvalue weighted by molar-refractivity contribution is 5.89. The molecule has 0 aliphatic rings. The number of methoxy groups -OCH3 is 1.